The summed E-state index contributed by atoms with van der Waals surface area (Å²) in [4.78, 5) is 0. The minimum atomic E-state index is 0.315. The maximum atomic E-state index is 5.64. The van der Waals surface area contributed by atoms with E-state index in [1.807, 2.05) is 6.07 Å². The molecule has 2 aromatic rings. The van der Waals surface area contributed by atoms with Crippen molar-refractivity contribution in [1.29, 1.82) is 0 Å². The lowest BCUT2D eigenvalue weighted by Gasteiger charge is -2.12. The van der Waals surface area contributed by atoms with Crippen LogP contribution < -0.4 is 5.73 Å². The molecule has 0 amide bonds. The van der Waals surface area contributed by atoms with Crippen LogP contribution in [0.25, 0.3) is 0 Å². The fraction of sp³-hybridized carbons (Fsp3) is 0.455. The minimum Gasteiger partial charge on any atom is -0.472 e. The summed E-state index contributed by atoms with van der Waals surface area (Å²) < 4.78 is 7.10. The van der Waals surface area contributed by atoms with Gasteiger partial charge in [0.2, 0.25) is 0 Å². The third-order valence-corrected chi connectivity index (χ3v) is 3.40. The van der Waals surface area contributed by atoms with E-state index in [1.165, 1.54) is 0 Å². The SMILES string of the molecule is CC(C)n1c(CN)nnc1SCc1ccoc1. The van der Waals surface area contributed by atoms with Crippen molar-refractivity contribution >= 4 is 11.8 Å². The van der Waals surface area contributed by atoms with Crippen LogP contribution in [0.1, 0.15) is 31.3 Å². The van der Waals surface area contributed by atoms with Crippen LogP contribution in [-0.2, 0) is 12.3 Å². The van der Waals surface area contributed by atoms with Crippen LogP contribution in [0, 0.1) is 0 Å². The summed E-state index contributed by atoms with van der Waals surface area (Å²) in [6, 6.07) is 2.27. The molecular weight excluding hydrogens is 236 g/mol. The van der Waals surface area contributed by atoms with Crippen molar-refractivity contribution in [1.82, 2.24) is 14.8 Å². The van der Waals surface area contributed by atoms with E-state index >= 15 is 0 Å². The highest BCUT2D eigenvalue weighted by Crippen LogP contribution is 2.24. The summed E-state index contributed by atoms with van der Waals surface area (Å²) in [5.41, 5.74) is 6.79. The zero-order valence-electron chi connectivity index (χ0n) is 9.96. The van der Waals surface area contributed by atoms with Gasteiger partial charge in [0.1, 0.15) is 5.82 Å². The molecular formula is C11H16N4OS. The Labute approximate surface area is 104 Å². The Morgan fingerprint density at radius 2 is 2.29 bits per heavy atom. The average Bonchev–Trinajstić information content (AvgIpc) is 2.95. The molecule has 2 N–H and O–H groups in total. The van der Waals surface area contributed by atoms with Crippen LogP contribution in [0.15, 0.2) is 28.2 Å². The highest BCUT2D eigenvalue weighted by Gasteiger charge is 2.14. The normalized spacial score (nSPS) is 11.3. The van der Waals surface area contributed by atoms with Gasteiger partial charge in [-0.05, 0) is 19.9 Å². The molecule has 0 aliphatic carbocycles. The molecule has 0 unspecified atom stereocenters. The lowest BCUT2D eigenvalue weighted by atomic mass is 10.4. The van der Waals surface area contributed by atoms with Crippen molar-refractivity contribution in [2.24, 2.45) is 5.73 Å². The smallest absolute Gasteiger partial charge is 0.191 e. The molecule has 0 spiro atoms. The van der Waals surface area contributed by atoms with Gasteiger partial charge in [0.05, 0.1) is 19.1 Å². The average molecular weight is 252 g/mol. The van der Waals surface area contributed by atoms with E-state index in [0.717, 1.165) is 22.3 Å². The fourth-order valence-corrected chi connectivity index (χ4v) is 2.60. The minimum absolute atomic E-state index is 0.315. The third-order valence-electron chi connectivity index (χ3n) is 2.38. The Bertz CT molecular complexity index is 464. The van der Waals surface area contributed by atoms with Gasteiger partial charge >= 0.3 is 0 Å². The second-order valence-electron chi connectivity index (χ2n) is 3.99. The lowest BCUT2D eigenvalue weighted by Crippen LogP contribution is -2.11. The Hall–Kier alpha value is -1.27. The maximum absolute atomic E-state index is 5.64. The van der Waals surface area contributed by atoms with Crippen LogP contribution >= 0.6 is 11.8 Å². The Balaban J connectivity index is 2.12. The van der Waals surface area contributed by atoms with E-state index in [9.17, 15) is 0 Å². The largest absolute Gasteiger partial charge is 0.472 e. The van der Waals surface area contributed by atoms with Crippen LogP contribution in [-0.4, -0.2) is 14.8 Å². The lowest BCUT2D eigenvalue weighted by molar-refractivity contribution is 0.526. The van der Waals surface area contributed by atoms with Crippen LogP contribution in [0.5, 0.6) is 0 Å². The van der Waals surface area contributed by atoms with Gasteiger partial charge in [-0.2, -0.15) is 0 Å². The molecule has 0 aliphatic rings. The fourth-order valence-electron chi connectivity index (χ4n) is 1.59. The number of hydrogen-bond donors (Lipinski definition) is 1. The maximum Gasteiger partial charge on any atom is 0.191 e. The van der Waals surface area contributed by atoms with E-state index in [-0.39, 0.29) is 0 Å². The van der Waals surface area contributed by atoms with Crippen molar-refractivity contribution in [2.45, 2.75) is 37.3 Å². The zero-order valence-corrected chi connectivity index (χ0v) is 10.8. The van der Waals surface area contributed by atoms with E-state index < -0.39 is 0 Å². The van der Waals surface area contributed by atoms with Gasteiger partial charge in [-0.15, -0.1) is 10.2 Å². The van der Waals surface area contributed by atoms with Gasteiger partial charge in [0.25, 0.3) is 0 Å². The van der Waals surface area contributed by atoms with Crippen LogP contribution in [0.3, 0.4) is 0 Å². The molecule has 2 aromatic heterocycles. The summed E-state index contributed by atoms with van der Waals surface area (Å²) in [7, 11) is 0. The van der Waals surface area contributed by atoms with E-state index in [4.69, 9.17) is 10.2 Å². The van der Waals surface area contributed by atoms with Gasteiger partial charge in [0.15, 0.2) is 5.16 Å². The first kappa shape index (κ1) is 12.2. The van der Waals surface area contributed by atoms with Gasteiger partial charge in [-0.1, -0.05) is 11.8 Å². The molecule has 0 fully saturated rings. The number of rotatable bonds is 5. The second-order valence-corrected chi connectivity index (χ2v) is 4.93. The highest BCUT2D eigenvalue weighted by molar-refractivity contribution is 7.98. The topological polar surface area (TPSA) is 69.9 Å². The van der Waals surface area contributed by atoms with Crippen molar-refractivity contribution in [3.63, 3.8) is 0 Å². The Kier molecular flexibility index (Phi) is 3.86. The first-order chi connectivity index (χ1) is 8.22. The first-order valence-corrected chi connectivity index (χ1v) is 6.48. The number of thioether (sulfide) groups is 1. The summed E-state index contributed by atoms with van der Waals surface area (Å²) >= 11 is 1.64. The number of nitrogens with two attached hydrogens (primary N) is 1. The van der Waals surface area contributed by atoms with Crippen molar-refractivity contribution < 1.29 is 4.42 Å². The standard InChI is InChI=1S/C11H16N4OS/c1-8(2)15-10(5-12)13-14-11(15)17-7-9-3-4-16-6-9/h3-4,6,8H,5,7,12H2,1-2H3. The zero-order chi connectivity index (χ0) is 12.3. The van der Waals surface area contributed by atoms with Crippen molar-refractivity contribution in [3.8, 4) is 0 Å². The molecule has 0 aliphatic heterocycles. The van der Waals surface area contributed by atoms with E-state index in [2.05, 4.69) is 28.6 Å². The molecule has 0 atom stereocenters. The van der Waals surface area contributed by atoms with Crippen molar-refractivity contribution in [2.75, 3.05) is 0 Å². The van der Waals surface area contributed by atoms with E-state index in [0.29, 0.717) is 12.6 Å². The number of furan rings is 1. The van der Waals surface area contributed by atoms with E-state index in [1.54, 1.807) is 24.3 Å². The molecule has 0 radical (unpaired) electrons. The molecule has 0 aromatic carbocycles. The molecule has 92 valence electrons. The van der Waals surface area contributed by atoms with Gasteiger partial charge in [0, 0.05) is 17.4 Å². The quantitative estimate of drug-likeness (QED) is 0.826. The van der Waals surface area contributed by atoms with Gasteiger partial charge in [-0.3, -0.25) is 0 Å². The highest BCUT2D eigenvalue weighted by atomic mass is 32.2. The molecule has 5 nitrogen and oxygen atoms in total. The molecule has 2 rings (SSSR count). The first-order valence-electron chi connectivity index (χ1n) is 5.50. The molecule has 2 heterocycles. The van der Waals surface area contributed by atoms with Crippen LogP contribution in [0.2, 0.25) is 0 Å². The van der Waals surface area contributed by atoms with Crippen LogP contribution in [0.4, 0.5) is 0 Å². The van der Waals surface area contributed by atoms with Gasteiger partial charge < -0.3 is 14.7 Å². The molecule has 0 saturated heterocycles. The number of nitrogens with zero attached hydrogens (tertiary/aromatic N) is 3. The number of hydrogen-bond acceptors (Lipinski definition) is 5. The monoisotopic (exact) mass is 252 g/mol. The summed E-state index contributed by atoms with van der Waals surface area (Å²) in [5, 5.41) is 9.18. The third kappa shape index (κ3) is 2.70. The summed E-state index contributed by atoms with van der Waals surface area (Å²) in [5.74, 6) is 1.65. The Morgan fingerprint density at radius 3 is 2.88 bits per heavy atom. The molecule has 17 heavy (non-hydrogen) atoms. The Morgan fingerprint density at radius 1 is 1.47 bits per heavy atom. The van der Waals surface area contributed by atoms with Crippen molar-refractivity contribution in [3.05, 3.63) is 30.0 Å². The molecule has 0 bridgehead atoms. The molecule has 0 saturated carbocycles. The second kappa shape index (κ2) is 5.37. The molecule has 6 heteroatoms. The summed E-state index contributed by atoms with van der Waals surface area (Å²) in [6.45, 7) is 4.62. The van der Waals surface area contributed by atoms with Gasteiger partial charge in [-0.25, -0.2) is 0 Å². The predicted octanol–water partition coefficient (Wildman–Crippen LogP) is 2.20. The summed E-state index contributed by atoms with van der Waals surface area (Å²) in [6.07, 6.45) is 3.42. The predicted molar refractivity (Wildman–Crippen MR) is 66.6 cm³/mol. The number of aromatic nitrogens is 3.